The first kappa shape index (κ1) is 20.9. The molecule has 0 aliphatic carbocycles. The number of hydrogen-bond donors (Lipinski definition) is 2. The average Bonchev–Trinajstić information content (AvgIpc) is 2.70. The zero-order chi connectivity index (χ0) is 19.2. The summed E-state index contributed by atoms with van der Waals surface area (Å²) in [6.07, 6.45) is 13.5. The Morgan fingerprint density at radius 1 is 0.630 bits per heavy atom. The molecule has 0 unspecified atom stereocenters. The van der Waals surface area contributed by atoms with E-state index in [0.29, 0.717) is 0 Å². The van der Waals surface area contributed by atoms with Crippen LogP contribution in [0.4, 0.5) is 0 Å². The fourth-order valence-corrected chi connectivity index (χ4v) is 2.74. The van der Waals surface area contributed by atoms with Gasteiger partial charge < -0.3 is 14.9 Å². The Morgan fingerprint density at radius 3 is 1.52 bits per heavy atom. The first-order valence-electron chi connectivity index (χ1n) is 9.70. The van der Waals surface area contributed by atoms with Crippen LogP contribution < -0.4 is 4.74 Å². The highest BCUT2D eigenvalue weighted by molar-refractivity contribution is 5.42. The number of para-hydroxylation sites is 2. The molecule has 0 aromatic heterocycles. The van der Waals surface area contributed by atoms with Crippen LogP contribution in [0.25, 0.3) is 0 Å². The van der Waals surface area contributed by atoms with Crippen LogP contribution in [-0.4, -0.2) is 23.4 Å². The lowest BCUT2D eigenvalue weighted by Crippen LogP contribution is -1.94. The van der Waals surface area contributed by atoms with Gasteiger partial charge in [-0.1, -0.05) is 60.7 Å². The van der Waals surface area contributed by atoms with E-state index >= 15 is 0 Å². The summed E-state index contributed by atoms with van der Waals surface area (Å²) in [5.41, 5.74) is 2.29. The van der Waals surface area contributed by atoms with Crippen LogP contribution in [0.1, 0.15) is 36.8 Å². The molecule has 2 aromatic carbocycles. The van der Waals surface area contributed by atoms with Gasteiger partial charge in [0, 0.05) is 13.2 Å². The zero-order valence-corrected chi connectivity index (χ0v) is 15.9. The van der Waals surface area contributed by atoms with E-state index in [4.69, 9.17) is 14.9 Å². The van der Waals surface area contributed by atoms with E-state index in [-0.39, 0.29) is 13.2 Å². The van der Waals surface area contributed by atoms with E-state index in [1.54, 1.807) is 0 Å². The maximum absolute atomic E-state index is 8.85. The van der Waals surface area contributed by atoms with E-state index in [1.165, 1.54) is 0 Å². The molecule has 0 heterocycles. The molecule has 0 spiro atoms. The van der Waals surface area contributed by atoms with Crippen molar-refractivity contribution in [2.24, 2.45) is 0 Å². The fourth-order valence-electron chi connectivity index (χ4n) is 2.74. The molecule has 0 bridgehead atoms. The van der Waals surface area contributed by atoms with Gasteiger partial charge in [0.1, 0.15) is 11.5 Å². The van der Waals surface area contributed by atoms with Crippen LogP contribution in [-0.2, 0) is 12.8 Å². The second-order valence-corrected chi connectivity index (χ2v) is 6.40. The number of rotatable bonds is 12. The van der Waals surface area contributed by atoms with Gasteiger partial charge in [-0.05, 0) is 61.8 Å². The molecule has 2 rings (SSSR count). The van der Waals surface area contributed by atoms with Gasteiger partial charge in [0.05, 0.1) is 0 Å². The molecule has 0 saturated carbocycles. The number of ether oxygens (including phenoxy) is 1. The molecular formula is C24H30O3. The van der Waals surface area contributed by atoms with Crippen LogP contribution in [0.15, 0.2) is 72.8 Å². The first-order chi connectivity index (χ1) is 13.3. The molecule has 3 nitrogen and oxygen atoms in total. The summed E-state index contributed by atoms with van der Waals surface area (Å²) in [5.74, 6) is 1.75. The van der Waals surface area contributed by atoms with Crippen molar-refractivity contribution in [3.8, 4) is 11.5 Å². The summed E-state index contributed by atoms with van der Waals surface area (Å²) in [5, 5.41) is 17.7. The van der Waals surface area contributed by atoms with E-state index in [0.717, 1.165) is 61.2 Å². The molecule has 144 valence electrons. The fraction of sp³-hybridized carbons (Fsp3) is 0.333. The third kappa shape index (κ3) is 7.81. The quantitative estimate of drug-likeness (QED) is 0.400. The third-order valence-electron chi connectivity index (χ3n) is 4.23. The van der Waals surface area contributed by atoms with Crippen LogP contribution in [0.2, 0.25) is 0 Å². The molecule has 0 radical (unpaired) electrons. The van der Waals surface area contributed by atoms with Gasteiger partial charge in [0.2, 0.25) is 0 Å². The molecule has 2 aromatic rings. The number of hydrogen-bond acceptors (Lipinski definition) is 3. The number of unbranched alkanes of at least 4 members (excludes halogenated alkanes) is 2. The molecule has 0 amide bonds. The maximum Gasteiger partial charge on any atom is 0.130 e. The van der Waals surface area contributed by atoms with E-state index in [2.05, 4.69) is 36.4 Å². The van der Waals surface area contributed by atoms with Gasteiger partial charge in [-0.15, -0.1) is 0 Å². The van der Waals surface area contributed by atoms with Crippen molar-refractivity contribution in [2.45, 2.75) is 38.5 Å². The SMILES string of the molecule is OCCCC=CCc1ccccc1Oc1ccccc1CC=CCCCO. The molecule has 2 N–H and O–H groups in total. The number of benzene rings is 2. The smallest absolute Gasteiger partial charge is 0.130 e. The summed E-state index contributed by atoms with van der Waals surface area (Å²) in [6.45, 7) is 0.463. The highest BCUT2D eigenvalue weighted by Gasteiger charge is 2.06. The highest BCUT2D eigenvalue weighted by atomic mass is 16.5. The van der Waals surface area contributed by atoms with Crippen LogP contribution in [0, 0.1) is 0 Å². The summed E-state index contributed by atoms with van der Waals surface area (Å²) >= 11 is 0. The Bertz CT molecular complexity index is 658. The van der Waals surface area contributed by atoms with E-state index in [1.807, 2.05) is 36.4 Å². The summed E-state index contributed by atoms with van der Waals surface area (Å²) in [7, 11) is 0. The Morgan fingerprint density at radius 2 is 1.07 bits per heavy atom. The van der Waals surface area contributed by atoms with E-state index < -0.39 is 0 Å². The Labute approximate surface area is 162 Å². The molecule has 0 aliphatic rings. The summed E-state index contributed by atoms with van der Waals surface area (Å²) < 4.78 is 6.25. The zero-order valence-electron chi connectivity index (χ0n) is 15.9. The molecule has 0 aliphatic heterocycles. The van der Waals surface area contributed by atoms with Gasteiger partial charge in [0.25, 0.3) is 0 Å². The summed E-state index contributed by atoms with van der Waals surface area (Å²) in [4.78, 5) is 0. The van der Waals surface area contributed by atoms with Crippen LogP contribution >= 0.6 is 0 Å². The van der Waals surface area contributed by atoms with E-state index in [9.17, 15) is 0 Å². The normalized spacial score (nSPS) is 11.5. The lowest BCUT2D eigenvalue weighted by atomic mass is 10.1. The highest BCUT2D eigenvalue weighted by Crippen LogP contribution is 2.29. The Hall–Kier alpha value is -2.36. The average molecular weight is 367 g/mol. The second kappa shape index (κ2) is 12.9. The molecule has 0 fully saturated rings. The van der Waals surface area contributed by atoms with Gasteiger partial charge in [-0.2, -0.15) is 0 Å². The topological polar surface area (TPSA) is 49.7 Å². The van der Waals surface area contributed by atoms with Gasteiger partial charge in [-0.3, -0.25) is 0 Å². The lowest BCUT2D eigenvalue weighted by Gasteiger charge is -2.13. The van der Waals surface area contributed by atoms with Crippen molar-refractivity contribution in [3.05, 3.63) is 84.0 Å². The van der Waals surface area contributed by atoms with Gasteiger partial charge in [0.15, 0.2) is 0 Å². The van der Waals surface area contributed by atoms with Crippen molar-refractivity contribution < 1.29 is 14.9 Å². The minimum Gasteiger partial charge on any atom is -0.457 e. The molecular weight excluding hydrogens is 336 g/mol. The van der Waals surface area contributed by atoms with Crippen LogP contribution in [0.3, 0.4) is 0 Å². The molecule has 0 saturated heterocycles. The van der Waals surface area contributed by atoms with Crippen molar-refractivity contribution in [3.63, 3.8) is 0 Å². The number of allylic oxidation sites excluding steroid dienone is 4. The predicted molar refractivity (Wildman–Crippen MR) is 111 cm³/mol. The second-order valence-electron chi connectivity index (χ2n) is 6.40. The molecule has 27 heavy (non-hydrogen) atoms. The van der Waals surface area contributed by atoms with Crippen LogP contribution in [0.5, 0.6) is 11.5 Å². The Kier molecular flexibility index (Phi) is 10.0. The van der Waals surface area contributed by atoms with Crippen molar-refractivity contribution in [2.75, 3.05) is 13.2 Å². The standard InChI is InChI=1S/C24H30O3/c25-19-11-3-1-5-13-21-15-7-9-17-23(21)27-24-18-10-8-16-22(24)14-6-2-4-12-20-26/h1-2,5-10,15-18,25-26H,3-4,11-14,19-20H2. The minimum atomic E-state index is 0.231. The Balaban J connectivity index is 2.04. The van der Waals surface area contributed by atoms with Crippen molar-refractivity contribution in [1.82, 2.24) is 0 Å². The lowest BCUT2D eigenvalue weighted by molar-refractivity contribution is 0.289. The first-order valence-corrected chi connectivity index (χ1v) is 9.70. The molecule has 3 heteroatoms. The number of aliphatic hydroxyl groups is 2. The van der Waals surface area contributed by atoms with Gasteiger partial charge >= 0.3 is 0 Å². The van der Waals surface area contributed by atoms with Crippen molar-refractivity contribution in [1.29, 1.82) is 0 Å². The monoisotopic (exact) mass is 366 g/mol. The predicted octanol–water partition coefficient (Wildman–Crippen LogP) is 5.22. The third-order valence-corrected chi connectivity index (χ3v) is 4.23. The van der Waals surface area contributed by atoms with Crippen molar-refractivity contribution >= 4 is 0 Å². The summed E-state index contributed by atoms with van der Waals surface area (Å²) in [6, 6.07) is 16.2. The maximum atomic E-state index is 8.85. The molecule has 0 atom stereocenters. The van der Waals surface area contributed by atoms with Gasteiger partial charge in [-0.25, -0.2) is 0 Å². The largest absolute Gasteiger partial charge is 0.457 e. The number of aliphatic hydroxyl groups excluding tert-OH is 2. The minimum absolute atomic E-state index is 0.231.